The lowest BCUT2D eigenvalue weighted by Gasteiger charge is -2.18. The highest BCUT2D eigenvalue weighted by Gasteiger charge is 2.48. The summed E-state index contributed by atoms with van der Waals surface area (Å²) in [5.41, 5.74) is 2.80. The highest BCUT2D eigenvalue weighted by Crippen LogP contribution is 2.28. The van der Waals surface area contributed by atoms with Crippen molar-refractivity contribution in [3.63, 3.8) is 0 Å². The van der Waals surface area contributed by atoms with Gasteiger partial charge in [0, 0.05) is 0 Å². The average molecular weight is 474 g/mol. The van der Waals surface area contributed by atoms with Gasteiger partial charge in [-0.3, -0.25) is 19.2 Å². The van der Waals surface area contributed by atoms with Crippen LogP contribution in [-0.4, -0.2) is 39.5 Å². The number of carbonyl (C=O) groups excluding carboxylic acids is 5. The van der Waals surface area contributed by atoms with Crippen molar-refractivity contribution in [1.82, 2.24) is 9.80 Å². The van der Waals surface area contributed by atoms with E-state index in [1.165, 1.54) is 35.4 Å². The standard InChI is InChI=1S/C17H8N2O5.C12H10/c20-13-9-5-1-2-6-10(9)14(21)18(13)17(24)19-15(22)11-7-3-4-8-12(11)16(19)23;1-3-7-11(8-4-1)12-9-5-2-6-10-12/h1-8H;1-10H. The Morgan fingerprint density at radius 3 is 0.917 bits per heavy atom. The van der Waals surface area contributed by atoms with Crippen molar-refractivity contribution in [3.05, 3.63) is 131 Å². The molecule has 6 amide bonds. The van der Waals surface area contributed by atoms with E-state index < -0.39 is 29.7 Å². The lowest BCUT2D eigenvalue weighted by Crippen LogP contribution is -2.48. The zero-order valence-electron chi connectivity index (χ0n) is 18.8. The van der Waals surface area contributed by atoms with Gasteiger partial charge in [0.05, 0.1) is 22.3 Å². The fourth-order valence-corrected chi connectivity index (χ4v) is 4.09. The summed E-state index contributed by atoms with van der Waals surface area (Å²) in [6.45, 7) is 0. The van der Waals surface area contributed by atoms with Gasteiger partial charge in [0.1, 0.15) is 0 Å². The number of hydrogen-bond donors (Lipinski definition) is 0. The molecule has 0 radical (unpaired) electrons. The van der Waals surface area contributed by atoms with Crippen LogP contribution < -0.4 is 0 Å². The Morgan fingerprint density at radius 2 is 0.639 bits per heavy atom. The number of carbonyl (C=O) groups is 5. The molecular formula is C29H18N2O5. The van der Waals surface area contributed by atoms with Crippen LogP contribution in [0, 0.1) is 0 Å². The van der Waals surface area contributed by atoms with Gasteiger partial charge in [-0.15, -0.1) is 0 Å². The second-order valence-corrected chi connectivity index (χ2v) is 8.00. The topological polar surface area (TPSA) is 91.8 Å². The molecule has 36 heavy (non-hydrogen) atoms. The van der Waals surface area contributed by atoms with Crippen LogP contribution in [0.1, 0.15) is 41.4 Å². The van der Waals surface area contributed by atoms with Gasteiger partial charge in [-0.2, -0.15) is 9.80 Å². The second kappa shape index (κ2) is 9.23. The van der Waals surface area contributed by atoms with Crippen molar-refractivity contribution in [1.29, 1.82) is 0 Å². The molecule has 6 rings (SSSR count). The lowest BCUT2D eigenvalue weighted by atomic mass is 10.1. The monoisotopic (exact) mass is 474 g/mol. The quantitative estimate of drug-likeness (QED) is 0.360. The molecule has 4 aromatic rings. The third kappa shape index (κ3) is 3.78. The van der Waals surface area contributed by atoms with E-state index in [9.17, 15) is 24.0 Å². The first kappa shape index (κ1) is 22.6. The van der Waals surface area contributed by atoms with Crippen LogP contribution in [-0.2, 0) is 0 Å². The van der Waals surface area contributed by atoms with Crippen LogP contribution in [0.4, 0.5) is 4.79 Å². The summed E-state index contributed by atoms with van der Waals surface area (Å²) in [5, 5.41) is 0. The molecule has 174 valence electrons. The maximum absolute atomic E-state index is 12.6. The molecule has 2 heterocycles. The van der Waals surface area contributed by atoms with Gasteiger partial charge in [0.25, 0.3) is 23.6 Å². The van der Waals surface area contributed by atoms with E-state index in [4.69, 9.17) is 0 Å². The number of fused-ring (bicyclic) bond motifs is 2. The number of urea groups is 1. The molecule has 2 aliphatic heterocycles. The molecule has 0 saturated heterocycles. The molecule has 0 atom stereocenters. The maximum Gasteiger partial charge on any atom is 0.348 e. The summed E-state index contributed by atoms with van der Waals surface area (Å²) < 4.78 is 0. The van der Waals surface area contributed by atoms with Crippen LogP contribution >= 0.6 is 0 Å². The normalized spacial score (nSPS) is 13.8. The summed E-state index contributed by atoms with van der Waals surface area (Å²) in [6, 6.07) is 31.4. The molecule has 0 bridgehead atoms. The van der Waals surface area contributed by atoms with Crippen molar-refractivity contribution in [2.75, 3.05) is 0 Å². The second-order valence-electron chi connectivity index (χ2n) is 8.00. The Balaban J connectivity index is 0.000000186. The molecule has 0 N–H and O–H groups in total. The number of rotatable bonds is 1. The summed E-state index contributed by atoms with van der Waals surface area (Å²) in [4.78, 5) is 62.6. The van der Waals surface area contributed by atoms with Gasteiger partial charge < -0.3 is 0 Å². The number of benzene rings is 4. The van der Waals surface area contributed by atoms with Crippen molar-refractivity contribution >= 4 is 29.7 Å². The molecule has 4 aromatic carbocycles. The minimum absolute atomic E-state index is 0.0625. The van der Waals surface area contributed by atoms with Gasteiger partial charge >= 0.3 is 6.03 Å². The lowest BCUT2D eigenvalue weighted by molar-refractivity contribution is 0.0604. The zero-order chi connectivity index (χ0) is 25.2. The molecule has 2 aliphatic rings. The van der Waals surface area contributed by atoms with E-state index in [1.54, 1.807) is 24.3 Å². The van der Waals surface area contributed by atoms with E-state index in [2.05, 4.69) is 48.5 Å². The molecule has 0 aliphatic carbocycles. The first-order valence-corrected chi connectivity index (χ1v) is 11.1. The Bertz CT molecular complexity index is 1340. The first-order chi connectivity index (χ1) is 17.5. The van der Waals surface area contributed by atoms with Crippen LogP contribution in [0.2, 0.25) is 0 Å². The number of amides is 6. The molecule has 7 nitrogen and oxygen atoms in total. The summed E-state index contributed by atoms with van der Waals surface area (Å²) in [7, 11) is 0. The van der Waals surface area contributed by atoms with E-state index >= 15 is 0 Å². The summed E-state index contributed by atoms with van der Waals surface area (Å²) in [5.74, 6) is -3.40. The van der Waals surface area contributed by atoms with Crippen molar-refractivity contribution in [3.8, 4) is 11.1 Å². The predicted molar refractivity (Wildman–Crippen MR) is 131 cm³/mol. The fourth-order valence-electron chi connectivity index (χ4n) is 4.09. The van der Waals surface area contributed by atoms with Crippen molar-refractivity contribution < 1.29 is 24.0 Å². The molecule has 0 saturated carbocycles. The predicted octanol–water partition coefficient (Wildman–Crippen LogP) is 5.05. The third-order valence-electron chi connectivity index (χ3n) is 5.85. The largest absolute Gasteiger partial charge is 0.348 e. The van der Waals surface area contributed by atoms with Crippen LogP contribution in [0.25, 0.3) is 11.1 Å². The van der Waals surface area contributed by atoms with E-state index in [0.29, 0.717) is 9.80 Å². The van der Waals surface area contributed by atoms with Gasteiger partial charge in [-0.05, 0) is 35.4 Å². The van der Waals surface area contributed by atoms with Gasteiger partial charge in [-0.1, -0.05) is 84.9 Å². The summed E-state index contributed by atoms with van der Waals surface area (Å²) >= 11 is 0. The minimum Gasteiger partial charge on any atom is -0.268 e. The minimum atomic E-state index is -1.26. The van der Waals surface area contributed by atoms with Gasteiger partial charge in [0.2, 0.25) is 0 Å². The van der Waals surface area contributed by atoms with Crippen LogP contribution in [0.15, 0.2) is 109 Å². The number of hydrogen-bond acceptors (Lipinski definition) is 5. The molecule has 0 fully saturated rings. The Kier molecular flexibility index (Phi) is 5.80. The smallest absolute Gasteiger partial charge is 0.268 e. The first-order valence-electron chi connectivity index (χ1n) is 11.1. The van der Waals surface area contributed by atoms with Crippen LogP contribution in [0.5, 0.6) is 0 Å². The van der Waals surface area contributed by atoms with Crippen molar-refractivity contribution in [2.45, 2.75) is 0 Å². The maximum atomic E-state index is 12.6. The Hall–Kier alpha value is -5.17. The van der Waals surface area contributed by atoms with E-state index in [-0.39, 0.29) is 22.3 Å². The van der Waals surface area contributed by atoms with E-state index in [1.807, 2.05) is 12.1 Å². The average Bonchev–Trinajstić information content (AvgIpc) is 3.34. The van der Waals surface area contributed by atoms with Gasteiger partial charge in [0.15, 0.2) is 0 Å². The molecule has 0 unspecified atom stereocenters. The van der Waals surface area contributed by atoms with E-state index in [0.717, 1.165) is 0 Å². The number of nitrogens with zero attached hydrogens (tertiary/aromatic N) is 2. The SMILES string of the molecule is O=C1c2ccccc2C(=O)N1C(=O)N1C(=O)c2ccccc2C1=O.c1ccc(-c2ccccc2)cc1. The van der Waals surface area contributed by atoms with Gasteiger partial charge in [-0.25, -0.2) is 4.79 Å². The molecule has 0 aromatic heterocycles. The molecular weight excluding hydrogens is 456 g/mol. The zero-order valence-corrected chi connectivity index (χ0v) is 18.8. The van der Waals surface area contributed by atoms with Crippen molar-refractivity contribution in [2.24, 2.45) is 0 Å². The fraction of sp³-hybridized carbons (Fsp3) is 0. The Labute approximate surface area is 206 Å². The highest BCUT2D eigenvalue weighted by atomic mass is 16.2. The highest BCUT2D eigenvalue weighted by molar-refractivity contribution is 6.35. The Morgan fingerprint density at radius 1 is 0.389 bits per heavy atom. The third-order valence-corrected chi connectivity index (χ3v) is 5.85. The number of imide groups is 6. The van der Waals surface area contributed by atoms with Crippen LogP contribution in [0.3, 0.4) is 0 Å². The molecule has 0 spiro atoms. The molecule has 7 heteroatoms. The summed E-state index contributed by atoms with van der Waals surface area (Å²) in [6.07, 6.45) is 0.